The van der Waals surface area contributed by atoms with Crippen molar-refractivity contribution in [2.24, 2.45) is 0 Å². The van der Waals surface area contributed by atoms with E-state index in [-0.39, 0.29) is 10.6 Å². The molecule has 0 N–H and O–H groups in total. The maximum atomic E-state index is 13.1. The summed E-state index contributed by atoms with van der Waals surface area (Å²) in [7, 11) is 0. The summed E-state index contributed by atoms with van der Waals surface area (Å²) in [5.74, 6) is -3.34. The average Bonchev–Trinajstić information content (AvgIpc) is 2.06. The third-order valence-electron chi connectivity index (χ3n) is 1.97. The summed E-state index contributed by atoms with van der Waals surface area (Å²) in [5, 5.41) is -0.741. The first-order chi connectivity index (χ1) is 7.50. The van der Waals surface area contributed by atoms with Gasteiger partial charge in [0.25, 0.3) is 5.92 Å². The molecule has 1 aromatic carbocycles. The van der Waals surface area contributed by atoms with Crippen molar-refractivity contribution in [3.05, 3.63) is 33.3 Å². The van der Waals surface area contributed by atoms with Crippen LogP contribution in [0.1, 0.15) is 18.1 Å². The molecule has 0 amide bonds. The molecule has 0 saturated carbocycles. The zero-order chi connectivity index (χ0) is 13.4. The minimum Gasteiger partial charge on any atom is -0.202 e. The fourth-order valence-corrected chi connectivity index (χ4v) is 1.82. The van der Waals surface area contributed by atoms with Crippen molar-refractivity contribution in [1.29, 1.82) is 0 Å². The van der Waals surface area contributed by atoms with Crippen LogP contribution >= 0.6 is 23.2 Å². The number of alkyl halides is 5. The number of benzene rings is 1. The highest BCUT2D eigenvalue weighted by molar-refractivity contribution is 6.42. The molecule has 0 fully saturated rings. The average molecular weight is 293 g/mol. The fourth-order valence-electron chi connectivity index (χ4n) is 1.30. The van der Waals surface area contributed by atoms with Gasteiger partial charge in [-0.05, 0) is 17.7 Å². The molecule has 0 aromatic heterocycles. The monoisotopic (exact) mass is 292 g/mol. The van der Waals surface area contributed by atoms with Gasteiger partial charge in [0.15, 0.2) is 0 Å². The molecule has 1 aromatic rings. The predicted molar refractivity (Wildman–Crippen MR) is 55.8 cm³/mol. The van der Waals surface area contributed by atoms with Crippen LogP contribution < -0.4 is 0 Å². The summed E-state index contributed by atoms with van der Waals surface area (Å²) in [6.07, 6.45) is -5.82. The van der Waals surface area contributed by atoms with E-state index in [2.05, 4.69) is 0 Å². The van der Waals surface area contributed by atoms with E-state index in [0.29, 0.717) is 6.92 Å². The number of hydrogen-bond donors (Lipinski definition) is 0. The number of hydrogen-bond acceptors (Lipinski definition) is 0. The van der Waals surface area contributed by atoms with Gasteiger partial charge in [-0.2, -0.15) is 13.2 Å². The van der Waals surface area contributed by atoms with Crippen LogP contribution in [0.3, 0.4) is 0 Å². The quantitative estimate of drug-likeness (QED) is 0.657. The van der Waals surface area contributed by atoms with Gasteiger partial charge in [-0.1, -0.05) is 23.2 Å². The van der Waals surface area contributed by atoms with E-state index in [1.54, 1.807) is 0 Å². The largest absolute Gasteiger partial charge is 0.393 e. The van der Waals surface area contributed by atoms with Crippen molar-refractivity contribution in [3.63, 3.8) is 0 Å². The van der Waals surface area contributed by atoms with Crippen molar-refractivity contribution in [3.8, 4) is 0 Å². The lowest BCUT2D eigenvalue weighted by Crippen LogP contribution is -2.14. The van der Waals surface area contributed by atoms with Crippen molar-refractivity contribution < 1.29 is 22.0 Å². The Kier molecular flexibility index (Phi) is 3.94. The van der Waals surface area contributed by atoms with Gasteiger partial charge in [0.1, 0.15) is 0 Å². The molecule has 96 valence electrons. The van der Waals surface area contributed by atoms with Gasteiger partial charge in [0, 0.05) is 12.5 Å². The topological polar surface area (TPSA) is 0 Å². The molecule has 0 aliphatic rings. The van der Waals surface area contributed by atoms with Crippen LogP contribution in [0.4, 0.5) is 22.0 Å². The first-order valence-electron chi connectivity index (χ1n) is 4.43. The lowest BCUT2D eigenvalue weighted by Gasteiger charge is -2.16. The third-order valence-corrected chi connectivity index (χ3v) is 2.77. The van der Waals surface area contributed by atoms with E-state index < -0.39 is 29.1 Å². The van der Waals surface area contributed by atoms with E-state index in [1.807, 2.05) is 0 Å². The highest BCUT2D eigenvalue weighted by atomic mass is 35.5. The van der Waals surface area contributed by atoms with E-state index in [0.717, 1.165) is 12.1 Å². The molecule has 0 bridgehead atoms. The Bertz CT molecular complexity index is 420. The SMILES string of the molecule is CC(F)(F)c1cc(CC(F)(F)F)cc(Cl)c1Cl. The van der Waals surface area contributed by atoms with E-state index >= 15 is 0 Å². The zero-order valence-corrected chi connectivity index (χ0v) is 10.0. The molecule has 0 saturated heterocycles. The molecule has 0 aliphatic heterocycles. The van der Waals surface area contributed by atoms with Gasteiger partial charge in [0.2, 0.25) is 0 Å². The zero-order valence-electron chi connectivity index (χ0n) is 8.51. The summed E-state index contributed by atoms with van der Waals surface area (Å²) in [6, 6.07) is 1.66. The van der Waals surface area contributed by atoms with E-state index in [4.69, 9.17) is 23.2 Å². The molecule has 17 heavy (non-hydrogen) atoms. The molecule has 0 nitrogen and oxygen atoms in total. The van der Waals surface area contributed by atoms with E-state index in [9.17, 15) is 22.0 Å². The maximum absolute atomic E-state index is 13.1. The molecular weight excluding hydrogens is 286 g/mol. The van der Waals surface area contributed by atoms with Crippen LogP contribution in [-0.2, 0) is 12.3 Å². The summed E-state index contributed by atoms with van der Waals surface area (Å²) in [5.41, 5.74) is -1.05. The third kappa shape index (κ3) is 4.00. The van der Waals surface area contributed by atoms with Gasteiger partial charge in [0.05, 0.1) is 16.5 Å². The Morgan fingerprint density at radius 3 is 2.00 bits per heavy atom. The van der Waals surface area contributed by atoms with Crippen LogP contribution in [0, 0.1) is 0 Å². The normalized spacial score (nSPS) is 12.9. The Morgan fingerprint density at radius 2 is 1.59 bits per heavy atom. The molecule has 0 heterocycles. The second-order valence-corrected chi connectivity index (χ2v) is 4.40. The first-order valence-corrected chi connectivity index (χ1v) is 5.19. The minimum atomic E-state index is -4.49. The van der Waals surface area contributed by atoms with Gasteiger partial charge in [-0.15, -0.1) is 0 Å². The molecule has 1 rings (SSSR count). The van der Waals surface area contributed by atoms with Crippen LogP contribution in [-0.4, -0.2) is 6.18 Å². The number of halogens is 7. The second-order valence-electron chi connectivity index (χ2n) is 3.62. The van der Waals surface area contributed by atoms with Crippen molar-refractivity contribution in [1.82, 2.24) is 0 Å². The van der Waals surface area contributed by atoms with Crippen LogP contribution in [0.2, 0.25) is 10.0 Å². The van der Waals surface area contributed by atoms with Gasteiger partial charge in [-0.3, -0.25) is 0 Å². The maximum Gasteiger partial charge on any atom is 0.393 e. The smallest absolute Gasteiger partial charge is 0.202 e. The van der Waals surface area contributed by atoms with Crippen molar-refractivity contribution >= 4 is 23.2 Å². The van der Waals surface area contributed by atoms with Gasteiger partial charge < -0.3 is 0 Å². The Hall–Kier alpha value is -0.550. The highest BCUT2D eigenvalue weighted by Gasteiger charge is 2.32. The molecule has 0 atom stereocenters. The summed E-state index contributed by atoms with van der Waals surface area (Å²) < 4.78 is 62.6. The lowest BCUT2D eigenvalue weighted by molar-refractivity contribution is -0.127. The van der Waals surface area contributed by atoms with Gasteiger partial charge >= 0.3 is 6.18 Å². The molecule has 0 spiro atoms. The van der Waals surface area contributed by atoms with Crippen LogP contribution in [0.15, 0.2) is 12.1 Å². The van der Waals surface area contributed by atoms with Crippen molar-refractivity contribution in [2.45, 2.75) is 25.4 Å². The van der Waals surface area contributed by atoms with Gasteiger partial charge in [-0.25, -0.2) is 8.78 Å². The summed E-state index contributed by atoms with van der Waals surface area (Å²) in [6.45, 7) is 0.544. The summed E-state index contributed by atoms with van der Waals surface area (Å²) in [4.78, 5) is 0. The second kappa shape index (κ2) is 4.61. The van der Waals surface area contributed by atoms with E-state index in [1.165, 1.54) is 0 Å². The van der Waals surface area contributed by atoms with Crippen LogP contribution in [0.5, 0.6) is 0 Å². The lowest BCUT2D eigenvalue weighted by atomic mass is 10.0. The Labute approximate surface area is 104 Å². The van der Waals surface area contributed by atoms with Crippen LogP contribution in [0.25, 0.3) is 0 Å². The molecule has 0 unspecified atom stereocenters. The molecule has 0 radical (unpaired) electrons. The predicted octanol–water partition coefficient (Wildman–Crippen LogP) is 5.21. The Balaban J connectivity index is 3.25. The fraction of sp³-hybridized carbons (Fsp3) is 0.400. The Morgan fingerprint density at radius 1 is 1.06 bits per heavy atom. The standard InChI is InChI=1S/C10H7Cl2F5/c1-9(13,14)6-2-5(4-10(15,16)17)3-7(11)8(6)12/h2-3H,4H2,1H3. The minimum absolute atomic E-state index is 0.315. The molecule has 7 heteroatoms. The molecule has 0 aliphatic carbocycles. The van der Waals surface area contributed by atoms with Crippen molar-refractivity contribution in [2.75, 3.05) is 0 Å². The summed E-state index contributed by atoms with van der Waals surface area (Å²) >= 11 is 11.0. The first kappa shape index (κ1) is 14.5. The number of rotatable bonds is 2. The highest BCUT2D eigenvalue weighted by Crippen LogP contribution is 2.38. The molecular formula is C10H7Cl2F5.